The van der Waals surface area contributed by atoms with E-state index in [9.17, 15) is 13.2 Å². The first-order valence-electron chi connectivity index (χ1n) is 5.33. The topological polar surface area (TPSA) is 96.6 Å². The minimum atomic E-state index is -3.73. The number of carboxylic acid groups (broad SMARTS) is 1. The highest BCUT2D eigenvalue weighted by molar-refractivity contribution is 7.89. The van der Waals surface area contributed by atoms with E-state index in [1.165, 1.54) is 6.92 Å². The molecule has 2 N–H and O–H groups in total. The third-order valence-corrected chi connectivity index (χ3v) is 3.78. The second-order valence-corrected chi connectivity index (χ2v) is 5.33. The van der Waals surface area contributed by atoms with Crippen LogP contribution in [0.3, 0.4) is 0 Å². The van der Waals surface area contributed by atoms with Crippen molar-refractivity contribution in [3.05, 3.63) is 29.7 Å². The molecular weight excluding hydrogens is 258 g/mol. The van der Waals surface area contributed by atoms with E-state index >= 15 is 0 Å². The maximum Gasteiger partial charge on any atom is 0.371 e. The molecule has 0 aromatic carbocycles. The van der Waals surface area contributed by atoms with Crippen LogP contribution in [0.4, 0.5) is 0 Å². The number of nitrogens with one attached hydrogen (secondary N) is 1. The van der Waals surface area contributed by atoms with E-state index in [2.05, 4.69) is 4.72 Å². The van der Waals surface area contributed by atoms with Gasteiger partial charge in [-0.05, 0) is 20.3 Å². The summed E-state index contributed by atoms with van der Waals surface area (Å²) < 4.78 is 31.0. The molecule has 0 unspecified atom stereocenters. The molecule has 0 radical (unpaired) electrons. The maximum atomic E-state index is 11.9. The van der Waals surface area contributed by atoms with Crippen LogP contribution < -0.4 is 4.72 Å². The Bertz CT molecular complexity index is 556. The molecule has 0 aliphatic heterocycles. The molecule has 0 amide bonds. The first kappa shape index (κ1) is 14.5. The number of carbonyl (C=O) groups is 1. The van der Waals surface area contributed by atoms with Crippen molar-refractivity contribution in [2.75, 3.05) is 6.54 Å². The monoisotopic (exact) mass is 273 g/mol. The molecule has 100 valence electrons. The molecule has 1 aromatic heterocycles. The average Bonchev–Trinajstić information content (AvgIpc) is 2.68. The minimum absolute atomic E-state index is 0.0610. The number of hydrogen-bond acceptors (Lipinski definition) is 4. The van der Waals surface area contributed by atoms with Gasteiger partial charge < -0.3 is 9.52 Å². The van der Waals surface area contributed by atoms with Crippen molar-refractivity contribution in [2.45, 2.75) is 25.2 Å². The molecule has 18 heavy (non-hydrogen) atoms. The third kappa shape index (κ3) is 3.44. The summed E-state index contributed by atoms with van der Waals surface area (Å²) in [6, 6.07) is 1.01. The van der Waals surface area contributed by atoms with Crippen molar-refractivity contribution in [1.82, 2.24) is 4.72 Å². The Balaban J connectivity index is 2.88. The molecule has 1 rings (SSSR count). The van der Waals surface area contributed by atoms with E-state index in [1.54, 1.807) is 0 Å². The Morgan fingerprint density at radius 3 is 2.72 bits per heavy atom. The van der Waals surface area contributed by atoms with Crippen LogP contribution in [0.15, 0.2) is 27.5 Å². The summed E-state index contributed by atoms with van der Waals surface area (Å²) in [5, 5.41) is 8.72. The molecule has 0 aliphatic rings. The van der Waals surface area contributed by atoms with Crippen molar-refractivity contribution in [1.29, 1.82) is 0 Å². The summed E-state index contributed by atoms with van der Waals surface area (Å²) in [5.41, 5.74) is 0. The predicted octanol–water partition coefficient (Wildman–Crippen LogP) is 1.53. The second-order valence-electron chi connectivity index (χ2n) is 3.59. The lowest BCUT2D eigenvalue weighted by Crippen LogP contribution is -2.24. The first-order valence-corrected chi connectivity index (χ1v) is 6.81. The largest absolute Gasteiger partial charge is 0.475 e. The normalized spacial score (nSPS) is 12.1. The number of aryl methyl sites for hydroxylation is 1. The minimum Gasteiger partial charge on any atom is -0.475 e. The molecule has 1 aromatic rings. The summed E-state index contributed by atoms with van der Waals surface area (Å²) in [6.07, 6.45) is 4.21. The van der Waals surface area contributed by atoms with E-state index < -0.39 is 16.0 Å². The quantitative estimate of drug-likeness (QED) is 0.605. The maximum absolute atomic E-state index is 11.9. The molecule has 6 nitrogen and oxygen atoms in total. The van der Waals surface area contributed by atoms with Gasteiger partial charge in [0.1, 0.15) is 10.7 Å². The third-order valence-electron chi connectivity index (χ3n) is 2.21. The van der Waals surface area contributed by atoms with Crippen molar-refractivity contribution in [2.24, 2.45) is 0 Å². The van der Waals surface area contributed by atoms with Gasteiger partial charge in [-0.1, -0.05) is 12.2 Å². The second kappa shape index (κ2) is 5.83. The molecule has 0 aliphatic carbocycles. The highest BCUT2D eigenvalue weighted by atomic mass is 32.2. The van der Waals surface area contributed by atoms with Crippen LogP contribution in [0.5, 0.6) is 0 Å². The van der Waals surface area contributed by atoms with Gasteiger partial charge in [-0.15, -0.1) is 0 Å². The molecule has 0 fully saturated rings. The predicted molar refractivity (Wildman–Crippen MR) is 65.0 cm³/mol. The molecule has 7 heteroatoms. The average molecular weight is 273 g/mol. The van der Waals surface area contributed by atoms with Gasteiger partial charge in [0.2, 0.25) is 15.8 Å². The zero-order valence-electron chi connectivity index (χ0n) is 10.1. The van der Waals surface area contributed by atoms with Crippen molar-refractivity contribution in [3.63, 3.8) is 0 Å². The lowest BCUT2D eigenvalue weighted by atomic mass is 10.4. The number of allylic oxidation sites excluding steroid dienone is 1. The molecule has 0 saturated carbocycles. The Hall–Kier alpha value is -1.60. The lowest BCUT2D eigenvalue weighted by Gasteiger charge is -2.03. The van der Waals surface area contributed by atoms with Gasteiger partial charge >= 0.3 is 5.97 Å². The summed E-state index contributed by atoms with van der Waals surface area (Å²) in [7, 11) is -3.73. The summed E-state index contributed by atoms with van der Waals surface area (Å²) in [6.45, 7) is 3.50. The van der Waals surface area contributed by atoms with Crippen molar-refractivity contribution in [3.8, 4) is 0 Å². The molecule has 1 heterocycles. The van der Waals surface area contributed by atoms with Gasteiger partial charge in [-0.3, -0.25) is 0 Å². The molecule has 0 bridgehead atoms. The standard InChI is InChI=1S/C11H15NO5S/c1-3-4-5-6-12-18(15,16)10-7-9(11(13)14)17-8(10)2/h3-4,7,12H,5-6H2,1-2H3,(H,13,14)/b4-3+. The smallest absolute Gasteiger partial charge is 0.371 e. The number of aromatic carboxylic acids is 1. The van der Waals surface area contributed by atoms with Gasteiger partial charge in [-0.25, -0.2) is 17.9 Å². The lowest BCUT2D eigenvalue weighted by molar-refractivity contribution is 0.0661. The highest BCUT2D eigenvalue weighted by Gasteiger charge is 2.23. The van der Waals surface area contributed by atoms with Gasteiger partial charge in [-0.2, -0.15) is 0 Å². The van der Waals surface area contributed by atoms with E-state index in [4.69, 9.17) is 9.52 Å². The van der Waals surface area contributed by atoms with Crippen LogP contribution in [-0.4, -0.2) is 26.0 Å². The number of furan rings is 1. The SMILES string of the molecule is C/C=C/CCNS(=O)(=O)c1cc(C(=O)O)oc1C. The van der Waals surface area contributed by atoms with Crippen LogP contribution in [-0.2, 0) is 10.0 Å². The summed E-state index contributed by atoms with van der Waals surface area (Å²) >= 11 is 0. The Kier molecular flexibility index (Phi) is 4.69. The fourth-order valence-corrected chi connectivity index (χ4v) is 2.58. The van der Waals surface area contributed by atoms with Gasteiger partial charge in [0.15, 0.2) is 0 Å². The fraction of sp³-hybridized carbons (Fsp3) is 0.364. The van der Waals surface area contributed by atoms with Crippen LogP contribution in [0.1, 0.15) is 29.7 Å². The van der Waals surface area contributed by atoms with Gasteiger partial charge in [0.25, 0.3) is 0 Å². The van der Waals surface area contributed by atoms with E-state index in [-0.39, 0.29) is 23.0 Å². The number of hydrogen-bond donors (Lipinski definition) is 2. The number of rotatable bonds is 6. The van der Waals surface area contributed by atoms with Crippen LogP contribution in [0, 0.1) is 6.92 Å². The summed E-state index contributed by atoms with van der Waals surface area (Å²) in [4.78, 5) is 10.5. The Labute approximate surface area is 105 Å². The van der Waals surface area contributed by atoms with Crippen LogP contribution >= 0.6 is 0 Å². The van der Waals surface area contributed by atoms with Crippen LogP contribution in [0.25, 0.3) is 0 Å². The van der Waals surface area contributed by atoms with E-state index in [1.807, 2.05) is 19.1 Å². The summed E-state index contributed by atoms with van der Waals surface area (Å²) in [5.74, 6) is -1.62. The van der Waals surface area contributed by atoms with Gasteiger partial charge in [0.05, 0.1) is 0 Å². The highest BCUT2D eigenvalue weighted by Crippen LogP contribution is 2.19. The van der Waals surface area contributed by atoms with Crippen molar-refractivity contribution >= 4 is 16.0 Å². The van der Waals surface area contributed by atoms with E-state index in [0.29, 0.717) is 6.42 Å². The molecule has 0 atom stereocenters. The van der Waals surface area contributed by atoms with E-state index in [0.717, 1.165) is 6.07 Å². The fourth-order valence-electron chi connectivity index (χ4n) is 1.36. The number of sulfonamides is 1. The zero-order valence-corrected chi connectivity index (χ0v) is 11.0. The van der Waals surface area contributed by atoms with Crippen molar-refractivity contribution < 1.29 is 22.7 Å². The Morgan fingerprint density at radius 1 is 1.56 bits per heavy atom. The molecule has 0 saturated heterocycles. The van der Waals surface area contributed by atoms with Gasteiger partial charge in [0, 0.05) is 12.6 Å². The zero-order chi connectivity index (χ0) is 13.8. The number of carboxylic acids is 1. The Morgan fingerprint density at radius 2 is 2.22 bits per heavy atom. The van der Waals surface area contributed by atoms with Crippen LogP contribution in [0.2, 0.25) is 0 Å². The molecular formula is C11H15NO5S. The first-order chi connectivity index (χ1) is 8.38. The molecule has 0 spiro atoms.